The van der Waals surface area contributed by atoms with E-state index in [1.165, 1.54) is 30.5 Å². The molecule has 0 bridgehead atoms. The molecule has 6 nitrogen and oxygen atoms in total. The molecule has 0 unspecified atom stereocenters. The maximum absolute atomic E-state index is 12.8. The number of benzene rings is 2. The highest BCUT2D eigenvalue weighted by Crippen LogP contribution is 2.21. The zero-order valence-corrected chi connectivity index (χ0v) is 16.3. The standard InChI is InChI=1S/C19H19BrFN3O3/c1-2-27-17-8-3-14(20)11-13(17)12-22-24-19(26)10-9-18(25)23-16-6-4-15(21)5-7-16/h3-8,11-12H,2,9-10H2,1H3,(H,23,25)(H,24,26). The summed E-state index contributed by atoms with van der Waals surface area (Å²) in [5.41, 5.74) is 3.56. The molecule has 0 radical (unpaired) electrons. The summed E-state index contributed by atoms with van der Waals surface area (Å²) in [7, 11) is 0. The first-order valence-electron chi connectivity index (χ1n) is 8.27. The number of carbonyl (C=O) groups is 2. The lowest BCUT2D eigenvalue weighted by Gasteiger charge is -2.07. The van der Waals surface area contributed by atoms with Gasteiger partial charge in [0.2, 0.25) is 11.8 Å². The molecule has 2 rings (SSSR count). The second-order valence-electron chi connectivity index (χ2n) is 5.46. The van der Waals surface area contributed by atoms with Crippen LogP contribution in [0, 0.1) is 5.82 Å². The van der Waals surface area contributed by atoms with E-state index < -0.39 is 5.91 Å². The van der Waals surface area contributed by atoms with Crippen LogP contribution in [-0.4, -0.2) is 24.6 Å². The van der Waals surface area contributed by atoms with Crippen LogP contribution >= 0.6 is 15.9 Å². The first-order chi connectivity index (χ1) is 13.0. The summed E-state index contributed by atoms with van der Waals surface area (Å²) in [6, 6.07) is 10.9. The Kier molecular flexibility index (Phi) is 7.94. The Morgan fingerprint density at radius 1 is 1.15 bits per heavy atom. The molecule has 0 heterocycles. The number of amides is 2. The van der Waals surface area contributed by atoms with E-state index in [4.69, 9.17) is 4.74 Å². The molecule has 2 aromatic carbocycles. The Hall–Kier alpha value is -2.74. The van der Waals surface area contributed by atoms with Crippen molar-refractivity contribution in [3.8, 4) is 5.75 Å². The number of carbonyl (C=O) groups excluding carboxylic acids is 2. The summed E-state index contributed by atoms with van der Waals surface area (Å²) in [4.78, 5) is 23.6. The molecule has 27 heavy (non-hydrogen) atoms. The third-order valence-corrected chi connectivity index (χ3v) is 3.86. The van der Waals surface area contributed by atoms with Gasteiger partial charge in [-0.3, -0.25) is 9.59 Å². The number of hydrazone groups is 1. The summed E-state index contributed by atoms with van der Waals surface area (Å²) in [6.45, 7) is 2.39. The Balaban J connectivity index is 1.80. The summed E-state index contributed by atoms with van der Waals surface area (Å²) in [5, 5.41) is 6.49. The number of anilines is 1. The Bertz CT molecular complexity index is 825. The number of nitrogens with zero attached hydrogens (tertiary/aromatic N) is 1. The second kappa shape index (κ2) is 10.4. The monoisotopic (exact) mass is 435 g/mol. The molecule has 0 aliphatic heterocycles. The van der Waals surface area contributed by atoms with Crippen molar-refractivity contribution >= 4 is 39.6 Å². The number of halogens is 2. The maximum Gasteiger partial charge on any atom is 0.240 e. The van der Waals surface area contributed by atoms with Gasteiger partial charge in [-0.25, -0.2) is 9.82 Å². The van der Waals surface area contributed by atoms with Crippen molar-refractivity contribution in [1.82, 2.24) is 5.43 Å². The summed E-state index contributed by atoms with van der Waals surface area (Å²) < 4.78 is 19.2. The predicted molar refractivity (Wildman–Crippen MR) is 105 cm³/mol. The Morgan fingerprint density at radius 2 is 1.85 bits per heavy atom. The van der Waals surface area contributed by atoms with Crippen LogP contribution in [0.25, 0.3) is 0 Å². The number of hydrogen-bond acceptors (Lipinski definition) is 4. The van der Waals surface area contributed by atoms with E-state index >= 15 is 0 Å². The fraction of sp³-hybridized carbons (Fsp3) is 0.211. The summed E-state index contributed by atoms with van der Waals surface area (Å²) in [6.07, 6.45) is 1.44. The van der Waals surface area contributed by atoms with Crippen LogP contribution in [-0.2, 0) is 9.59 Å². The van der Waals surface area contributed by atoms with Crippen LogP contribution in [0.3, 0.4) is 0 Å². The summed E-state index contributed by atoms with van der Waals surface area (Å²) in [5.74, 6) is -0.472. The zero-order valence-electron chi connectivity index (χ0n) is 14.7. The molecule has 0 spiro atoms. The minimum atomic E-state index is -0.395. The maximum atomic E-state index is 12.8. The van der Waals surface area contributed by atoms with Crippen molar-refractivity contribution < 1.29 is 18.7 Å². The third kappa shape index (κ3) is 7.18. The number of rotatable bonds is 8. The Labute approximate surface area is 164 Å². The molecular formula is C19H19BrFN3O3. The van der Waals surface area contributed by atoms with E-state index in [0.29, 0.717) is 23.6 Å². The number of nitrogens with one attached hydrogen (secondary N) is 2. The molecule has 0 atom stereocenters. The van der Waals surface area contributed by atoms with Crippen LogP contribution < -0.4 is 15.5 Å². The van der Waals surface area contributed by atoms with Gasteiger partial charge in [-0.05, 0) is 49.4 Å². The average molecular weight is 436 g/mol. The minimum Gasteiger partial charge on any atom is -0.493 e. The first-order valence-corrected chi connectivity index (χ1v) is 9.07. The smallest absolute Gasteiger partial charge is 0.240 e. The van der Waals surface area contributed by atoms with Crippen molar-refractivity contribution in [3.63, 3.8) is 0 Å². The minimum absolute atomic E-state index is 0.0141. The van der Waals surface area contributed by atoms with E-state index in [1.807, 2.05) is 19.1 Å². The second-order valence-corrected chi connectivity index (χ2v) is 6.38. The van der Waals surface area contributed by atoms with Gasteiger partial charge in [0.15, 0.2) is 0 Å². The largest absolute Gasteiger partial charge is 0.493 e. The topological polar surface area (TPSA) is 79.8 Å². The molecule has 142 valence electrons. The Morgan fingerprint density at radius 3 is 2.56 bits per heavy atom. The van der Waals surface area contributed by atoms with E-state index in [-0.39, 0.29) is 24.6 Å². The fourth-order valence-corrected chi connectivity index (χ4v) is 2.50. The van der Waals surface area contributed by atoms with E-state index in [2.05, 4.69) is 31.8 Å². The molecule has 0 aliphatic rings. The van der Waals surface area contributed by atoms with Crippen LogP contribution in [0.5, 0.6) is 5.75 Å². The van der Waals surface area contributed by atoms with Gasteiger partial charge in [-0.2, -0.15) is 5.10 Å². The number of hydrogen-bond donors (Lipinski definition) is 2. The molecule has 2 aromatic rings. The van der Waals surface area contributed by atoms with Crippen molar-refractivity contribution in [1.29, 1.82) is 0 Å². The van der Waals surface area contributed by atoms with Gasteiger partial charge in [0.1, 0.15) is 11.6 Å². The van der Waals surface area contributed by atoms with Crippen molar-refractivity contribution in [2.75, 3.05) is 11.9 Å². The molecule has 0 aliphatic carbocycles. The first kappa shape index (κ1) is 20.6. The van der Waals surface area contributed by atoms with Crippen LogP contribution in [0.4, 0.5) is 10.1 Å². The lowest BCUT2D eigenvalue weighted by Crippen LogP contribution is -2.20. The highest BCUT2D eigenvalue weighted by Gasteiger charge is 2.07. The predicted octanol–water partition coefficient (Wildman–Crippen LogP) is 3.86. The highest BCUT2D eigenvalue weighted by atomic mass is 79.9. The molecule has 0 saturated heterocycles. The van der Waals surface area contributed by atoms with Crippen molar-refractivity contribution in [3.05, 3.63) is 58.3 Å². The normalized spacial score (nSPS) is 10.6. The zero-order chi connectivity index (χ0) is 19.6. The van der Waals surface area contributed by atoms with Gasteiger partial charge < -0.3 is 10.1 Å². The quantitative estimate of drug-likeness (QED) is 0.487. The molecule has 2 N–H and O–H groups in total. The molecule has 0 aromatic heterocycles. The number of ether oxygens (including phenoxy) is 1. The molecule has 0 saturated carbocycles. The molecular weight excluding hydrogens is 417 g/mol. The van der Waals surface area contributed by atoms with Gasteiger partial charge in [-0.1, -0.05) is 15.9 Å². The van der Waals surface area contributed by atoms with Crippen LogP contribution in [0.15, 0.2) is 52.0 Å². The van der Waals surface area contributed by atoms with E-state index in [0.717, 1.165) is 4.47 Å². The molecule has 2 amide bonds. The third-order valence-electron chi connectivity index (χ3n) is 3.37. The van der Waals surface area contributed by atoms with Crippen LogP contribution in [0.2, 0.25) is 0 Å². The lowest BCUT2D eigenvalue weighted by molar-refractivity contribution is -0.124. The average Bonchev–Trinajstić information content (AvgIpc) is 2.64. The van der Waals surface area contributed by atoms with E-state index in [1.54, 1.807) is 6.07 Å². The fourth-order valence-electron chi connectivity index (χ4n) is 2.12. The van der Waals surface area contributed by atoms with Gasteiger partial charge in [0.05, 0.1) is 12.8 Å². The SMILES string of the molecule is CCOc1ccc(Br)cc1C=NNC(=O)CCC(=O)Nc1ccc(F)cc1. The van der Waals surface area contributed by atoms with Gasteiger partial charge in [-0.15, -0.1) is 0 Å². The van der Waals surface area contributed by atoms with Crippen molar-refractivity contribution in [2.24, 2.45) is 5.10 Å². The van der Waals surface area contributed by atoms with E-state index in [9.17, 15) is 14.0 Å². The molecule has 0 fully saturated rings. The lowest BCUT2D eigenvalue weighted by atomic mass is 10.2. The van der Waals surface area contributed by atoms with Crippen LogP contribution in [0.1, 0.15) is 25.3 Å². The van der Waals surface area contributed by atoms with Crippen molar-refractivity contribution in [2.45, 2.75) is 19.8 Å². The van der Waals surface area contributed by atoms with Gasteiger partial charge >= 0.3 is 0 Å². The summed E-state index contributed by atoms with van der Waals surface area (Å²) >= 11 is 3.37. The highest BCUT2D eigenvalue weighted by molar-refractivity contribution is 9.10. The van der Waals surface area contributed by atoms with Gasteiger partial charge in [0, 0.05) is 28.6 Å². The molecule has 8 heteroatoms. The van der Waals surface area contributed by atoms with Gasteiger partial charge in [0.25, 0.3) is 0 Å².